The van der Waals surface area contributed by atoms with Crippen molar-refractivity contribution in [1.29, 1.82) is 0 Å². The summed E-state index contributed by atoms with van der Waals surface area (Å²) < 4.78 is 31.2. The largest absolute Gasteiger partial charge is 0.383 e. The standard InChI is InChI=1S/C12H16N4O3S/c1-2-15-20(17,18)11-6-4-3-5-10(11)13-8-7-12-14-9-19-16-12/h3-6,9,13,15H,2,7-8H2,1H3. The Labute approximate surface area is 117 Å². The van der Waals surface area contributed by atoms with E-state index in [4.69, 9.17) is 0 Å². The number of nitrogens with one attached hydrogen (secondary N) is 2. The van der Waals surface area contributed by atoms with Gasteiger partial charge in [0.25, 0.3) is 0 Å². The predicted octanol–water partition coefficient (Wildman–Crippen LogP) is 1.02. The molecule has 0 amide bonds. The number of hydrogen-bond donors (Lipinski definition) is 2. The van der Waals surface area contributed by atoms with Gasteiger partial charge in [0.05, 0.1) is 5.69 Å². The van der Waals surface area contributed by atoms with Crippen molar-refractivity contribution in [3.05, 3.63) is 36.5 Å². The zero-order valence-corrected chi connectivity index (χ0v) is 11.9. The molecular weight excluding hydrogens is 280 g/mol. The third kappa shape index (κ3) is 3.55. The van der Waals surface area contributed by atoms with E-state index in [0.717, 1.165) is 0 Å². The highest BCUT2D eigenvalue weighted by Crippen LogP contribution is 2.20. The Morgan fingerprint density at radius 3 is 2.80 bits per heavy atom. The summed E-state index contributed by atoms with van der Waals surface area (Å²) in [6.07, 6.45) is 1.81. The highest BCUT2D eigenvalue weighted by molar-refractivity contribution is 7.89. The number of aromatic nitrogens is 2. The molecule has 0 spiro atoms. The highest BCUT2D eigenvalue weighted by atomic mass is 32.2. The van der Waals surface area contributed by atoms with Crippen LogP contribution in [0.25, 0.3) is 0 Å². The van der Waals surface area contributed by atoms with Crippen LogP contribution in [0.15, 0.2) is 40.1 Å². The number of hydrogen-bond acceptors (Lipinski definition) is 6. The summed E-state index contributed by atoms with van der Waals surface area (Å²) in [5.41, 5.74) is 0.553. The lowest BCUT2D eigenvalue weighted by molar-refractivity contribution is 0.410. The first-order valence-electron chi connectivity index (χ1n) is 6.21. The van der Waals surface area contributed by atoms with Gasteiger partial charge in [-0.2, -0.15) is 4.98 Å². The average Bonchev–Trinajstić information content (AvgIpc) is 2.92. The van der Waals surface area contributed by atoms with Gasteiger partial charge in [-0.3, -0.25) is 0 Å². The molecule has 2 rings (SSSR count). The van der Waals surface area contributed by atoms with Crippen LogP contribution in [0.3, 0.4) is 0 Å². The first kappa shape index (κ1) is 14.5. The van der Waals surface area contributed by atoms with Crippen LogP contribution >= 0.6 is 0 Å². The summed E-state index contributed by atoms with van der Waals surface area (Å²) in [4.78, 5) is 4.13. The second kappa shape index (κ2) is 6.49. The van der Waals surface area contributed by atoms with Crippen LogP contribution in [0.4, 0.5) is 5.69 Å². The topological polar surface area (TPSA) is 97.1 Å². The fourth-order valence-electron chi connectivity index (χ4n) is 1.73. The first-order valence-corrected chi connectivity index (χ1v) is 7.69. The van der Waals surface area contributed by atoms with Crippen LogP contribution in [-0.2, 0) is 16.4 Å². The molecule has 2 aromatic rings. The van der Waals surface area contributed by atoms with Gasteiger partial charge in [0.1, 0.15) is 4.90 Å². The molecule has 0 saturated heterocycles. The SMILES string of the molecule is CCNS(=O)(=O)c1ccccc1NCCc1ncon1. The second-order valence-electron chi connectivity index (χ2n) is 4.02. The zero-order valence-electron chi connectivity index (χ0n) is 11.0. The van der Waals surface area contributed by atoms with Crippen molar-refractivity contribution in [2.24, 2.45) is 0 Å². The van der Waals surface area contributed by atoms with Crippen LogP contribution in [0.2, 0.25) is 0 Å². The van der Waals surface area contributed by atoms with Crippen molar-refractivity contribution < 1.29 is 12.9 Å². The number of para-hydroxylation sites is 1. The van der Waals surface area contributed by atoms with Crippen LogP contribution in [0.1, 0.15) is 12.7 Å². The summed E-state index contributed by atoms with van der Waals surface area (Å²) in [5.74, 6) is 0.574. The third-order valence-corrected chi connectivity index (χ3v) is 4.19. The van der Waals surface area contributed by atoms with E-state index in [0.29, 0.717) is 31.0 Å². The Bertz CT molecular complexity index is 640. The fraction of sp³-hybridized carbons (Fsp3) is 0.333. The van der Waals surface area contributed by atoms with Crippen LogP contribution in [0, 0.1) is 0 Å². The quantitative estimate of drug-likeness (QED) is 0.792. The summed E-state index contributed by atoms with van der Waals surface area (Å²) in [7, 11) is -3.49. The molecule has 0 aliphatic carbocycles. The lowest BCUT2D eigenvalue weighted by Crippen LogP contribution is -2.24. The summed E-state index contributed by atoms with van der Waals surface area (Å²) in [6.45, 7) is 2.60. The Kier molecular flexibility index (Phi) is 4.70. The number of rotatable bonds is 7. The monoisotopic (exact) mass is 296 g/mol. The van der Waals surface area contributed by atoms with Gasteiger partial charge in [-0.1, -0.05) is 24.2 Å². The maximum absolute atomic E-state index is 12.1. The van der Waals surface area contributed by atoms with Gasteiger partial charge < -0.3 is 9.84 Å². The van der Waals surface area contributed by atoms with Crippen molar-refractivity contribution in [3.8, 4) is 0 Å². The minimum atomic E-state index is -3.49. The molecule has 0 aliphatic heterocycles. The molecule has 2 N–H and O–H groups in total. The van der Waals surface area contributed by atoms with Crippen LogP contribution < -0.4 is 10.0 Å². The lowest BCUT2D eigenvalue weighted by atomic mass is 10.3. The van der Waals surface area contributed by atoms with Gasteiger partial charge in [-0.05, 0) is 12.1 Å². The summed E-state index contributed by atoms with van der Waals surface area (Å²) in [5, 5.41) is 6.77. The van der Waals surface area contributed by atoms with E-state index in [1.807, 2.05) is 0 Å². The van der Waals surface area contributed by atoms with Gasteiger partial charge in [0, 0.05) is 19.5 Å². The van der Waals surface area contributed by atoms with Crippen LogP contribution in [0.5, 0.6) is 0 Å². The normalized spacial score (nSPS) is 11.4. The second-order valence-corrected chi connectivity index (χ2v) is 5.76. The zero-order chi connectivity index (χ0) is 14.4. The van der Waals surface area contributed by atoms with Crippen molar-refractivity contribution >= 4 is 15.7 Å². The molecule has 1 aromatic carbocycles. The van der Waals surface area contributed by atoms with Gasteiger partial charge in [-0.15, -0.1) is 0 Å². The smallest absolute Gasteiger partial charge is 0.242 e. The van der Waals surface area contributed by atoms with Gasteiger partial charge in [0.15, 0.2) is 5.82 Å². The van der Waals surface area contributed by atoms with Crippen molar-refractivity contribution in [3.63, 3.8) is 0 Å². The van der Waals surface area contributed by atoms with Gasteiger partial charge in [-0.25, -0.2) is 13.1 Å². The van der Waals surface area contributed by atoms with E-state index in [-0.39, 0.29) is 4.90 Å². The number of nitrogens with zero attached hydrogens (tertiary/aromatic N) is 2. The number of anilines is 1. The maximum Gasteiger partial charge on any atom is 0.242 e. The molecule has 0 saturated carbocycles. The lowest BCUT2D eigenvalue weighted by Gasteiger charge is -2.11. The average molecular weight is 296 g/mol. The molecule has 1 heterocycles. The highest BCUT2D eigenvalue weighted by Gasteiger charge is 2.16. The molecule has 0 aliphatic rings. The third-order valence-electron chi connectivity index (χ3n) is 2.58. The van der Waals surface area contributed by atoms with E-state index in [2.05, 4.69) is 24.7 Å². The van der Waals surface area contributed by atoms with E-state index >= 15 is 0 Å². The Hall–Kier alpha value is -1.93. The van der Waals surface area contributed by atoms with Crippen molar-refractivity contribution in [1.82, 2.24) is 14.9 Å². The molecule has 0 fully saturated rings. The number of sulfonamides is 1. The van der Waals surface area contributed by atoms with Crippen molar-refractivity contribution in [2.45, 2.75) is 18.2 Å². The summed E-state index contributed by atoms with van der Waals surface area (Å²) in [6, 6.07) is 6.76. The van der Waals surface area contributed by atoms with E-state index in [1.54, 1.807) is 31.2 Å². The van der Waals surface area contributed by atoms with Gasteiger partial charge >= 0.3 is 0 Å². The summed E-state index contributed by atoms with van der Waals surface area (Å²) >= 11 is 0. The Balaban J connectivity index is 2.08. The molecule has 8 heteroatoms. The van der Waals surface area contributed by atoms with E-state index < -0.39 is 10.0 Å². The molecule has 108 valence electrons. The Morgan fingerprint density at radius 2 is 2.10 bits per heavy atom. The Morgan fingerprint density at radius 1 is 1.30 bits per heavy atom. The maximum atomic E-state index is 12.1. The molecule has 0 radical (unpaired) electrons. The number of benzene rings is 1. The van der Waals surface area contributed by atoms with E-state index in [1.165, 1.54) is 6.39 Å². The minimum Gasteiger partial charge on any atom is -0.383 e. The molecule has 20 heavy (non-hydrogen) atoms. The predicted molar refractivity (Wildman–Crippen MR) is 73.8 cm³/mol. The molecule has 0 bridgehead atoms. The van der Waals surface area contributed by atoms with Gasteiger partial charge in [0.2, 0.25) is 16.4 Å². The molecule has 0 atom stereocenters. The fourth-order valence-corrected chi connectivity index (χ4v) is 2.95. The first-order chi connectivity index (χ1) is 9.63. The molecule has 1 aromatic heterocycles. The molecule has 0 unspecified atom stereocenters. The van der Waals surface area contributed by atoms with Crippen molar-refractivity contribution in [2.75, 3.05) is 18.4 Å². The molecular formula is C12H16N4O3S. The van der Waals surface area contributed by atoms with E-state index in [9.17, 15) is 8.42 Å². The minimum absolute atomic E-state index is 0.231. The molecule has 7 nitrogen and oxygen atoms in total. The van der Waals surface area contributed by atoms with Crippen LogP contribution in [-0.4, -0.2) is 31.6 Å².